The maximum atomic E-state index is 6.06. The van der Waals surface area contributed by atoms with E-state index in [0.29, 0.717) is 23.9 Å². The SMILES string of the molecule is COc1cc(Nc2ccnc3cc(OC)c(OC)cc23)cc(OC2CCOC2)c1. The van der Waals surface area contributed by atoms with Gasteiger partial charge in [0, 0.05) is 53.6 Å². The summed E-state index contributed by atoms with van der Waals surface area (Å²) >= 11 is 0. The van der Waals surface area contributed by atoms with Crippen LogP contribution in [-0.4, -0.2) is 45.6 Å². The van der Waals surface area contributed by atoms with E-state index in [0.717, 1.165) is 41.1 Å². The Labute approximate surface area is 169 Å². The van der Waals surface area contributed by atoms with E-state index < -0.39 is 0 Å². The molecule has 0 bridgehead atoms. The van der Waals surface area contributed by atoms with E-state index in [1.54, 1.807) is 27.5 Å². The fourth-order valence-corrected chi connectivity index (χ4v) is 3.37. The van der Waals surface area contributed by atoms with Crippen LogP contribution in [0.1, 0.15) is 6.42 Å². The van der Waals surface area contributed by atoms with Gasteiger partial charge in [0.25, 0.3) is 0 Å². The van der Waals surface area contributed by atoms with Gasteiger partial charge in [0.15, 0.2) is 11.5 Å². The molecule has 0 aliphatic carbocycles. The number of ether oxygens (including phenoxy) is 5. The summed E-state index contributed by atoms with van der Waals surface area (Å²) in [6.45, 7) is 1.34. The first-order valence-corrected chi connectivity index (χ1v) is 9.41. The Morgan fingerprint density at radius 2 is 1.76 bits per heavy atom. The highest BCUT2D eigenvalue weighted by Crippen LogP contribution is 2.36. The second-order valence-electron chi connectivity index (χ2n) is 6.71. The van der Waals surface area contributed by atoms with Crippen LogP contribution in [0.5, 0.6) is 23.0 Å². The molecule has 152 valence electrons. The lowest BCUT2D eigenvalue weighted by molar-refractivity contribution is 0.141. The summed E-state index contributed by atoms with van der Waals surface area (Å²) in [5.74, 6) is 2.73. The van der Waals surface area contributed by atoms with Crippen molar-refractivity contribution in [3.05, 3.63) is 42.6 Å². The van der Waals surface area contributed by atoms with Crippen molar-refractivity contribution in [2.45, 2.75) is 12.5 Å². The summed E-state index contributed by atoms with van der Waals surface area (Å²) in [5, 5.41) is 4.36. The lowest BCUT2D eigenvalue weighted by atomic mass is 10.1. The second-order valence-corrected chi connectivity index (χ2v) is 6.71. The number of benzene rings is 2. The van der Waals surface area contributed by atoms with Gasteiger partial charge < -0.3 is 29.0 Å². The minimum absolute atomic E-state index is 0.0634. The Kier molecular flexibility index (Phi) is 5.57. The summed E-state index contributed by atoms with van der Waals surface area (Å²) in [6.07, 6.45) is 2.70. The standard InChI is InChI=1S/C22H24N2O5/c1-25-16-8-14(9-17(10-16)29-15-5-7-28-13-15)24-19-4-6-23-20-12-22(27-3)21(26-2)11-18(19)20/h4,6,8-12,15H,5,7,13H2,1-3H3,(H,23,24). The van der Waals surface area contributed by atoms with Gasteiger partial charge in [0.05, 0.1) is 40.1 Å². The lowest BCUT2D eigenvalue weighted by Gasteiger charge is -2.16. The molecule has 1 fully saturated rings. The smallest absolute Gasteiger partial charge is 0.162 e. The lowest BCUT2D eigenvalue weighted by Crippen LogP contribution is -2.15. The van der Waals surface area contributed by atoms with Crippen molar-refractivity contribution in [3.8, 4) is 23.0 Å². The third-order valence-electron chi connectivity index (χ3n) is 4.83. The number of hydrogen-bond acceptors (Lipinski definition) is 7. The van der Waals surface area contributed by atoms with Crippen LogP contribution in [0.25, 0.3) is 10.9 Å². The summed E-state index contributed by atoms with van der Waals surface area (Å²) in [6, 6.07) is 11.4. The highest BCUT2D eigenvalue weighted by Gasteiger charge is 2.18. The molecule has 1 aliphatic heterocycles. The van der Waals surface area contributed by atoms with E-state index in [1.807, 2.05) is 36.4 Å². The Hall–Kier alpha value is -3.19. The van der Waals surface area contributed by atoms with Crippen molar-refractivity contribution in [1.29, 1.82) is 0 Å². The fourth-order valence-electron chi connectivity index (χ4n) is 3.37. The molecule has 1 unspecified atom stereocenters. The largest absolute Gasteiger partial charge is 0.497 e. The van der Waals surface area contributed by atoms with Crippen LogP contribution >= 0.6 is 0 Å². The van der Waals surface area contributed by atoms with Crippen molar-refractivity contribution < 1.29 is 23.7 Å². The maximum Gasteiger partial charge on any atom is 0.162 e. The van der Waals surface area contributed by atoms with Gasteiger partial charge in [-0.15, -0.1) is 0 Å². The summed E-state index contributed by atoms with van der Waals surface area (Å²) in [5.41, 5.74) is 2.54. The Balaban J connectivity index is 1.68. The minimum atomic E-state index is 0.0634. The van der Waals surface area contributed by atoms with Gasteiger partial charge in [0.1, 0.15) is 17.6 Å². The first-order valence-electron chi connectivity index (χ1n) is 9.41. The van der Waals surface area contributed by atoms with E-state index in [4.69, 9.17) is 23.7 Å². The van der Waals surface area contributed by atoms with E-state index >= 15 is 0 Å². The third kappa shape index (κ3) is 4.14. The summed E-state index contributed by atoms with van der Waals surface area (Å²) < 4.78 is 27.7. The van der Waals surface area contributed by atoms with Crippen LogP contribution in [0.2, 0.25) is 0 Å². The monoisotopic (exact) mass is 396 g/mol. The fraction of sp³-hybridized carbons (Fsp3) is 0.318. The Morgan fingerprint density at radius 1 is 0.966 bits per heavy atom. The molecule has 1 aliphatic rings. The molecule has 29 heavy (non-hydrogen) atoms. The van der Waals surface area contributed by atoms with E-state index in [2.05, 4.69) is 10.3 Å². The predicted octanol–water partition coefficient (Wildman–Crippen LogP) is 4.17. The number of aromatic nitrogens is 1. The van der Waals surface area contributed by atoms with Gasteiger partial charge in [-0.1, -0.05) is 0 Å². The van der Waals surface area contributed by atoms with Crippen LogP contribution < -0.4 is 24.3 Å². The molecule has 2 aromatic carbocycles. The average molecular weight is 396 g/mol. The summed E-state index contributed by atoms with van der Waals surface area (Å²) in [7, 11) is 4.87. The van der Waals surface area contributed by atoms with Gasteiger partial charge in [-0.2, -0.15) is 0 Å². The average Bonchev–Trinajstić information content (AvgIpc) is 3.25. The molecule has 2 heterocycles. The number of pyridine rings is 1. The highest BCUT2D eigenvalue weighted by atomic mass is 16.5. The van der Waals surface area contributed by atoms with Gasteiger partial charge >= 0.3 is 0 Å². The second kappa shape index (κ2) is 8.45. The summed E-state index contributed by atoms with van der Waals surface area (Å²) in [4.78, 5) is 4.45. The predicted molar refractivity (Wildman–Crippen MR) is 111 cm³/mol. The number of nitrogens with one attached hydrogen (secondary N) is 1. The Bertz CT molecular complexity index is 1000. The molecule has 0 amide bonds. The highest BCUT2D eigenvalue weighted by molar-refractivity contribution is 5.95. The van der Waals surface area contributed by atoms with Gasteiger partial charge in [0.2, 0.25) is 0 Å². The van der Waals surface area contributed by atoms with E-state index in [1.165, 1.54) is 0 Å². The van der Waals surface area contributed by atoms with Crippen molar-refractivity contribution in [2.75, 3.05) is 39.9 Å². The molecular weight excluding hydrogens is 372 g/mol. The normalized spacial score (nSPS) is 15.9. The Morgan fingerprint density at radius 3 is 2.48 bits per heavy atom. The first-order chi connectivity index (χ1) is 14.2. The molecule has 1 saturated heterocycles. The maximum absolute atomic E-state index is 6.06. The molecule has 3 aromatic rings. The zero-order valence-corrected chi connectivity index (χ0v) is 16.7. The molecule has 7 nitrogen and oxygen atoms in total. The topological polar surface area (TPSA) is 71.1 Å². The minimum Gasteiger partial charge on any atom is -0.497 e. The van der Waals surface area contributed by atoms with Crippen molar-refractivity contribution in [3.63, 3.8) is 0 Å². The van der Waals surface area contributed by atoms with Gasteiger partial charge in [-0.25, -0.2) is 0 Å². The van der Waals surface area contributed by atoms with Crippen LogP contribution in [0.15, 0.2) is 42.6 Å². The van der Waals surface area contributed by atoms with Crippen molar-refractivity contribution >= 4 is 22.3 Å². The van der Waals surface area contributed by atoms with Crippen LogP contribution in [-0.2, 0) is 4.74 Å². The number of rotatable bonds is 7. The van der Waals surface area contributed by atoms with Crippen molar-refractivity contribution in [1.82, 2.24) is 4.98 Å². The first kappa shape index (κ1) is 19.1. The number of fused-ring (bicyclic) bond motifs is 1. The number of anilines is 2. The quantitative estimate of drug-likeness (QED) is 0.643. The molecule has 7 heteroatoms. The molecule has 0 radical (unpaired) electrons. The third-order valence-corrected chi connectivity index (χ3v) is 4.83. The van der Waals surface area contributed by atoms with Crippen LogP contribution in [0, 0.1) is 0 Å². The van der Waals surface area contributed by atoms with Crippen molar-refractivity contribution in [2.24, 2.45) is 0 Å². The number of hydrogen-bond donors (Lipinski definition) is 1. The molecular formula is C22H24N2O5. The van der Waals surface area contributed by atoms with Gasteiger partial charge in [-0.3, -0.25) is 4.98 Å². The molecule has 1 N–H and O–H groups in total. The number of nitrogens with zero attached hydrogens (tertiary/aromatic N) is 1. The molecule has 0 saturated carbocycles. The number of methoxy groups -OCH3 is 3. The molecule has 1 atom stereocenters. The molecule has 0 spiro atoms. The van der Waals surface area contributed by atoms with Gasteiger partial charge in [-0.05, 0) is 12.1 Å². The van der Waals surface area contributed by atoms with E-state index in [9.17, 15) is 0 Å². The molecule has 1 aromatic heterocycles. The van der Waals surface area contributed by atoms with E-state index in [-0.39, 0.29) is 6.10 Å². The zero-order valence-electron chi connectivity index (χ0n) is 16.7. The zero-order chi connectivity index (χ0) is 20.2. The van der Waals surface area contributed by atoms with Crippen LogP contribution in [0.3, 0.4) is 0 Å². The molecule has 4 rings (SSSR count). The van der Waals surface area contributed by atoms with Crippen LogP contribution in [0.4, 0.5) is 11.4 Å².